The molecule has 1 saturated heterocycles. The van der Waals surface area contributed by atoms with E-state index in [4.69, 9.17) is 5.11 Å². The van der Waals surface area contributed by atoms with E-state index in [1.54, 1.807) is 0 Å². The number of hydrogen-bond acceptors (Lipinski definition) is 5. The second-order valence-electron chi connectivity index (χ2n) is 5.65. The molecule has 6 nitrogen and oxygen atoms in total. The first-order valence-corrected chi connectivity index (χ1v) is 7.68. The van der Waals surface area contributed by atoms with E-state index in [1.165, 1.54) is 0 Å². The molecule has 1 aromatic heterocycles. The number of amides is 1. The van der Waals surface area contributed by atoms with Crippen LogP contribution in [0.3, 0.4) is 0 Å². The number of rotatable bonds is 3. The lowest BCUT2D eigenvalue weighted by Crippen LogP contribution is -2.40. The van der Waals surface area contributed by atoms with Gasteiger partial charge in [-0.15, -0.1) is 5.10 Å². The number of carboxylic acids is 1. The molecule has 20 heavy (non-hydrogen) atoms. The summed E-state index contributed by atoms with van der Waals surface area (Å²) in [5.74, 6) is -0.889. The van der Waals surface area contributed by atoms with E-state index in [0.29, 0.717) is 24.4 Å². The predicted molar refractivity (Wildman–Crippen MR) is 72.6 cm³/mol. The number of aryl methyl sites for hydroxylation is 1. The fourth-order valence-corrected chi connectivity index (χ4v) is 3.87. The molecule has 3 rings (SSSR count). The minimum absolute atomic E-state index is 0.000718. The Hall–Kier alpha value is -1.50. The number of carbonyl (C=O) groups is 2. The maximum absolute atomic E-state index is 12.4. The van der Waals surface area contributed by atoms with Crippen LogP contribution < -0.4 is 0 Å². The molecule has 1 aliphatic heterocycles. The van der Waals surface area contributed by atoms with Crippen LogP contribution in [0.4, 0.5) is 0 Å². The Labute approximate surface area is 121 Å². The Bertz CT molecular complexity index is 549. The van der Waals surface area contributed by atoms with Gasteiger partial charge in [0.25, 0.3) is 5.91 Å². The second kappa shape index (κ2) is 4.80. The molecule has 2 aliphatic rings. The number of aliphatic carboxylic acids is 1. The standard InChI is InChI=1S/C13H17N3O3S/c1-2-9-10(20-15-14-9)11(17)16-5-3-13(4-6-16)7-8(13)12(18)19/h8H,2-7H2,1H3,(H,18,19). The van der Waals surface area contributed by atoms with Crippen molar-refractivity contribution >= 4 is 23.4 Å². The fourth-order valence-electron chi connectivity index (χ4n) is 3.15. The van der Waals surface area contributed by atoms with Crippen molar-refractivity contribution in [1.29, 1.82) is 0 Å². The highest BCUT2D eigenvalue weighted by Crippen LogP contribution is 2.59. The smallest absolute Gasteiger partial charge is 0.307 e. The zero-order chi connectivity index (χ0) is 14.3. The number of carbonyl (C=O) groups excluding carboxylic acids is 1. The lowest BCUT2D eigenvalue weighted by atomic mass is 9.90. The minimum atomic E-state index is -0.690. The summed E-state index contributed by atoms with van der Waals surface area (Å²) >= 11 is 1.15. The number of piperidine rings is 1. The normalized spacial score (nSPS) is 23.9. The van der Waals surface area contributed by atoms with Crippen molar-refractivity contribution in [3.8, 4) is 0 Å². The van der Waals surface area contributed by atoms with E-state index in [0.717, 1.165) is 36.5 Å². The van der Waals surface area contributed by atoms with Gasteiger partial charge in [-0.3, -0.25) is 9.59 Å². The maximum atomic E-state index is 12.4. The van der Waals surface area contributed by atoms with E-state index in [-0.39, 0.29) is 17.2 Å². The van der Waals surface area contributed by atoms with Gasteiger partial charge < -0.3 is 10.0 Å². The highest BCUT2D eigenvalue weighted by molar-refractivity contribution is 7.08. The Balaban J connectivity index is 1.64. The predicted octanol–water partition coefficient (Wildman–Crippen LogP) is 1.43. The van der Waals surface area contributed by atoms with E-state index < -0.39 is 5.97 Å². The number of likely N-dealkylation sites (tertiary alicyclic amines) is 1. The molecule has 1 amide bonds. The molecule has 2 fully saturated rings. The number of aromatic nitrogens is 2. The van der Waals surface area contributed by atoms with Crippen LogP contribution in [-0.4, -0.2) is 44.6 Å². The molecule has 0 aromatic carbocycles. The van der Waals surface area contributed by atoms with E-state index in [9.17, 15) is 9.59 Å². The number of nitrogens with zero attached hydrogens (tertiary/aromatic N) is 3. The van der Waals surface area contributed by atoms with E-state index in [2.05, 4.69) is 9.59 Å². The maximum Gasteiger partial charge on any atom is 0.307 e. The van der Waals surface area contributed by atoms with Gasteiger partial charge in [0.05, 0.1) is 11.6 Å². The van der Waals surface area contributed by atoms with Gasteiger partial charge in [-0.1, -0.05) is 11.4 Å². The summed E-state index contributed by atoms with van der Waals surface area (Å²) in [4.78, 5) is 25.9. The zero-order valence-corrected chi connectivity index (χ0v) is 12.2. The minimum Gasteiger partial charge on any atom is -0.481 e. The molecule has 1 saturated carbocycles. The van der Waals surface area contributed by atoms with Crippen molar-refractivity contribution in [2.75, 3.05) is 13.1 Å². The summed E-state index contributed by atoms with van der Waals surface area (Å²) in [5, 5.41) is 13.0. The molecule has 0 radical (unpaired) electrons. The van der Waals surface area contributed by atoms with Crippen LogP contribution >= 0.6 is 11.5 Å². The average Bonchev–Trinajstić information content (AvgIpc) is 2.96. The highest BCUT2D eigenvalue weighted by atomic mass is 32.1. The first kappa shape index (κ1) is 13.5. The second-order valence-corrected chi connectivity index (χ2v) is 6.41. The van der Waals surface area contributed by atoms with Crippen molar-refractivity contribution < 1.29 is 14.7 Å². The first-order chi connectivity index (χ1) is 9.57. The molecular formula is C13H17N3O3S. The summed E-state index contributed by atoms with van der Waals surface area (Å²) in [6, 6.07) is 0. The van der Waals surface area contributed by atoms with Crippen LogP contribution in [0.25, 0.3) is 0 Å². The Morgan fingerprint density at radius 3 is 2.70 bits per heavy atom. The third-order valence-electron chi connectivity index (χ3n) is 4.62. The summed E-state index contributed by atoms with van der Waals surface area (Å²) in [6.45, 7) is 3.24. The third-order valence-corrected chi connectivity index (χ3v) is 5.38. The summed E-state index contributed by atoms with van der Waals surface area (Å²) in [6.07, 6.45) is 3.07. The number of carboxylic acid groups (broad SMARTS) is 1. The van der Waals surface area contributed by atoms with E-state index >= 15 is 0 Å². The molecule has 1 atom stereocenters. The van der Waals surface area contributed by atoms with Crippen LogP contribution in [0, 0.1) is 11.3 Å². The van der Waals surface area contributed by atoms with Gasteiger partial charge in [0.15, 0.2) is 0 Å². The molecular weight excluding hydrogens is 278 g/mol. The van der Waals surface area contributed by atoms with Crippen LogP contribution in [0.1, 0.15) is 41.6 Å². The highest BCUT2D eigenvalue weighted by Gasteiger charge is 2.59. The molecule has 0 bridgehead atoms. The summed E-state index contributed by atoms with van der Waals surface area (Å²) < 4.78 is 3.85. The Morgan fingerprint density at radius 2 is 2.15 bits per heavy atom. The van der Waals surface area contributed by atoms with Crippen molar-refractivity contribution in [3.63, 3.8) is 0 Å². The van der Waals surface area contributed by atoms with Gasteiger partial charge >= 0.3 is 5.97 Å². The molecule has 7 heteroatoms. The van der Waals surface area contributed by atoms with Crippen molar-refractivity contribution in [2.45, 2.75) is 32.6 Å². The quantitative estimate of drug-likeness (QED) is 0.912. The molecule has 1 aromatic rings. The van der Waals surface area contributed by atoms with Gasteiger partial charge in [-0.25, -0.2) is 0 Å². The van der Waals surface area contributed by atoms with Gasteiger partial charge in [0, 0.05) is 13.1 Å². The van der Waals surface area contributed by atoms with Crippen molar-refractivity contribution in [1.82, 2.24) is 14.5 Å². The van der Waals surface area contributed by atoms with Gasteiger partial charge in [0.1, 0.15) is 4.88 Å². The van der Waals surface area contributed by atoms with Gasteiger partial charge in [-0.05, 0) is 42.6 Å². The molecule has 1 spiro atoms. The summed E-state index contributed by atoms with van der Waals surface area (Å²) in [7, 11) is 0. The lowest BCUT2D eigenvalue weighted by Gasteiger charge is -2.32. The first-order valence-electron chi connectivity index (χ1n) is 6.91. The van der Waals surface area contributed by atoms with Crippen LogP contribution in [0.2, 0.25) is 0 Å². The molecule has 2 heterocycles. The molecule has 1 N–H and O–H groups in total. The average molecular weight is 295 g/mol. The van der Waals surface area contributed by atoms with Crippen LogP contribution in [-0.2, 0) is 11.2 Å². The largest absolute Gasteiger partial charge is 0.481 e. The van der Waals surface area contributed by atoms with Gasteiger partial charge in [-0.2, -0.15) is 0 Å². The van der Waals surface area contributed by atoms with Crippen LogP contribution in [0.15, 0.2) is 0 Å². The van der Waals surface area contributed by atoms with Crippen LogP contribution in [0.5, 0.6) is 0 Å². The lowest BCUT2D eigenvalue weighted by molar-refractivity contribution is -0.139. The van der Waals surface area contributed by atoms with Gasteiger partial charge in [0.2, 0.25) is 0 Å². The zero-order valence-electron chi connectivity index (χ0n) is 11.3. The monoisotopic (exact) mass is 295 g/mol. The molecule has 1 aliphatic carbocycles. The third kappa shape index (κ3) is 2.09. The SMILES string of the molecule is CCc1nnsc1C(=O)N1CCC2(CC1)CC2C(=O)O. The Kier molecular flexibility index (Phi) is 3.24. The van der Waals surface area contributed by atoms with Crippen molar-refractivity contribution in [3.05, 3.63) is 10.6 Å². The fraction of sp³-hybridized carbons (Fsp3) is 0.692. The van der Waals surface area contributed by atoms with E-state index in [1.807, 2.05) is 11.8 Å². The Morgan fingerprint density at radius 1 is 1.45 bits per heavy atom. The topological polar surface area (TPSA) is 83.4 Å². The number of hydrogen-bond donors (Lipinski definition) is 1. The molecule has 1 unspecified atom stereocenters. The summed E-state index contributed by atoms with van der Waals surface area (Å²) in [5.41, 5.74) is 0.720. The molecule has 108 valence electrons. The van der Waals surface area contributed by atoms with Crippen molar-refractivity contribution in [2.24, 2.45) is 11.3 Å².